The third-order valence-electron chi connectivity index (χ3n) is 2.34. The zero-order valence-corrected chi connectivity index (χ0v) is 12.0. The molecule has 0 bridgehead atoms. The fourth-order valence-corrected chi connectivity index (χ4v) is 2.89. The van der Waals surface area contributed by atoms with Gasteiger partial charge in [-0.3, -0.25) is 10.1 Å². The number of nitrogens with zero attached hydrogens (tertiary/aromatic N) is 1. The fourth-order valence-electron chi connectivity index (χ4n) is 1.53. The molecular formula is C13H10BrNO2S. The molecule has 0 amide bonds. The van der Waals surface area contributed by atoms with E-state index in [9.17, 15) is 10.1 Å². The van der Waals surface area contributed by atoms with Crippen LogP contribution in [0.1, 0.15) is 5.56 Å². The zero-order valence-electron chi connectivity index (χ0n) is 9.59. The summed E-state index contributed by atoms with van der Waals surface area (Å²) < 4.78 is 0.711. The molecule has 0 aliphatic heterocycles. The Balaban J connectivity index is 2.37. The molecule has 0 heterocycles. The van der Waals surface area contributed by atoms with Crippen molar-refractivity contribution in [3.8, 4) is 0 Å². The van der Waals surface area contributed by atoms with Crippen LogP contribution in [0.2, 0.25) is 0 Å². The minimum absolute atomic E-state index is 0.121. The quantitative estimate of drug-likeness (QED) is 0.601. The van der Waals surface area contributed by atoms with E-state index in [2.05, 4.69) is 15.9 Å². The molecule has 2 aromatic carbocycles. The van der Waals surface area contributed by atoms with Crippen molar-refractivity contribution in [2.24, 2.45) is 0 Å². The lowest BCUT2D eigenvalue weighted by molar-refractivity contribution is -0.387. The lowest BCUT2D eigenvalue weighted by Crippen LogP contribution is -1.90. The van der Waals surface area contributed by atoms with Crippen LogP contribution in [0, 0.1) is 17.0 Å². The SMILES string of the molecule is Cc1cccc(Sc2ccc(Br)cc2[N+](=O)[O-])c1. The van der Waals surface area contributed by atoms with E-state index in [1.807, 2.05) is 37.3 Å². The van der Waals surface area contributed by atoms with E-state index in [0.29, 0.717) is 9.37 Å². The molecule has 2 rings (SSSR count). The van der Waals surface area contributed by atoms with Gasteiger partial charge in [0.2, 0.25) is 0 Å². The fraction of sp³-hybridized carbons (Fsp3) is 0.0769. The second-order valence-electron chi connectivity index (χ2n) is 3.79. The molecule has 18 heavy (non-hydrogen) atoms. The molecule has 2 aromatic rings. The van der Waals surface area contributed by atoms with E-state index in [1.54, 1.807) is 6.07 Å². The van der Waals surface area contributed by atoms with Crippen molar-refractivity contribution in [1.29, 1.82) is 0 Å². The summed E-state index contributed by atoms with van der Waals surface area (Å²) in [6.45, 7) is 2.00. The van der Waals surface area contributed by atoms with Gasteiger partial charge >= 0.3 is 0 Å². The summed E-state index contributed by atoms with van der Waals surface area (Å²) in [5.41, 5.74) is 1.26. The summed E-state index contributed by atoms with van der Waals surface area (Å²) in [7, 11) is 0. The van der Waals surface area contributed by atoms with Crippen LogP contribution >= 0.6 is 27.7 Å². The van der Waals surface area contributed by atoms with Crippen molar-refractivity contribution in [3.63, 3.8) is 0 Å². The predicted octanol–water partition coefficient (Wildman–Crippen LogP) is 4.82. The Morgan fingerprint density at radius 2 is 2.00 bits per heavy atom. The number of nitro groups is 1. The van der Waals surface area contributed by atoms with Gasteiger partial charge < -0.3 is 0 Å². The van der Waals surface area contributed by atoms with Crippen molar-refractivity contribution in [2.75, 3.05) is 0 Å². The summed E-state index contributed by atoms with van der Waals surface area (Å²) in [6.07, 6.45) is 0. The summed E-state index contributed by atoms with van der Waals surface area (Å²) in [5.74, 6) is 0. The van der Waals surface area contributed by atoms with E-state index in [0.717, 1.165) is 10.5 Å². The highest BCUT2D eigenvalue weighted by Crippen LogP contribution is 2.36. The largest absolute Gasteiger partial charge is 0.284 e. The number of rotatable bonds is 3. The second kappa shape index (κ2) is 5.54. The van der Waals surface area contributed by atoms with E-state index < -0.39 is 0 Å². The molecule has 3 nitrogen and oxygen atoms in total. The highest BCUT2D eigenvalue weighted by atomic mass is 79.9. The minimum Gasteiger partial charge on any atom is -0.258 e. The molecule has 5 heteroatoms. The average Bonchev–Trinajstić information content (AvgIpc) is 2.31. The Morgan fingerprint density at radius 3 is 2.67 bits per heavy atom. The first-order valence-corrected chi connectivity index (χ1v) is 6.85. The van der Waals surface area contributed by atoms with Crippen molar-refractivity contribution in [1.82, 2.24) is 0 Å². The second-order valence-corrected chi connectivity index (χ2v) is 5.82. The molecule has 0 aromatic heterocycles. The monoisotopic (exact) mass is 323 g/mol. The van der Waals surface area contributed by atoms with Crippen molar-refractivity contribution in [3.05, 3.63) is 62.6 Å². The standard InChI is InChI=1S/C13H10BrNO2S/c1-9-3-2-4-11(7-9)18-13-6-5-10(14)8-12(13)15(16)17/h2-8H,1H3. The van der Waals surface area contributed by atoms with Gasteiger partial charge in [-0.2, -0.15) is 0 Å². The summed E-state index contributed by atoms with van der Waals surface area (Å²) in [4.78, 5) is 12.3. The van der Waals surface area contributed by atoms with Gasteiger partial charge in [-0.1, -0.05) is 45.4 Å². The van der Waals surface area contributed by atoms with Crippen LogP contribution < -0.4 is 0 Å². The summed E-state index contributed by atoms with van der Waals surface area (Å²) in [6, 6.07) is 13.0. The number of hydrogen-bond donors (Lipinski definition) is 0. The molecule has 0 aliphatic carbocycles. The normalized spacial score (nSPS) is 10.3. The zero-order chi connectivity index (χ0) is 13.1. The number of aryl methyl sites for hydroxylation is 1. The highest BCUT2D eigenvalue weighted by Gasteiger charge is 2.15. The molecule has 0 unspecified atom stereocenters. The van der Waals surface area contributed by atoms with Crippen LogP contribution in [0.4, 0.5) is 5.69 Å². The van der Waals surface area contributed by atoms with Crippen LogP contribution in [-0.4, -0.2) is 4.92 Å². The number of benzene rings is 2. The summed E-state index contributed by atoms with van der Waals surface area (Å²) >= 11 is 4.65. The van der Waals surface area contributed by atoms with E-state index in [1.165, 1.54) is 17.8 Å². The van der Waals surface area contributed by atoms with Gasteiger partial charge in [0.05, 0.1) is 9.82 Å². The smallest absolute Gasteiger partial charge is 0.258 e. The Kier molecular flexibility index (Phi) is 4.04. The van der Waals surface area contributed by atoms with Crippen molar-refractivity contribution < 1.29 is 4.92 Å². The first-order valence-electron chi connectivity index (χ1n) is 5.25. The summed E-state index contributed by atoms with van der Waals surface area (Å²) in [5, 5.41) is 11.0. The van der Waals surface area contributed by atoms with Crippen molar-refractivity contribution in [2.45, 2.75) is 16.7 Å². The molecule has 0 radical (unpaired) electrons. The minimum atomic E-state index is -0.358. The van der Waals surface area contributed by atoms with E-state index >= 15 is 0 Å². The predicted molar refractivity (Wildman–Crippen MR) is 76.1 cm³/mol. The molecule has 0 atom stereocenters. The molecule has 0 saturated heterocycles. The number of nitro benzene ring substituents is 1. The van der Waals surface area contributed by atoms with Gasteiger partial charge in [-0.15, -0.1) is 0 Å². The molecule has 92 valence electrons. The lowest BCUT2D eigenvalue weighted by atomic mass is 10.2. The van der Waals surface area contributed by atoms with Gasteiger partial charge in [0.15, 0.2) is 0 Å². The molecule has 0 N–H and O–H groups in total. The van der Waals surface area contributed by atoms with Crippen LogP contribution in [0.3, 0.4) is 0 Å². The van der Waals surface area contributed by atoms with Gasteiger partial charge in [0.1, 0.15) is 0 Å². The van der Waals surface area contributed by atoms with Gasteiger partial charge in [-0.05, 0) is 31.2 Å². The van der Waals surface area contributed by atoms with Crippen molar-refractivity contribution >= 4 is 33.4 Å². The number of hydrogen-bond acceptors (Lipinski definition) is 3. The van der Waals surface area contributed by atoms with E-state index in [4.69, 9.17) is 0 Å². The Hall–Kier alpha value is -1.33. The molecule has 0 spiro atoms. The van der Waals surface area contributed by atoms with Gasteiger partial charge in [-0.25, -0.2) is 0 Å². The molecule has 0 saturated carbocycles. The maximum absolute atomic E-state index is 11.0. The van der Waals surface area contributed by atoms with Crippen LogP contribution in [-0.2, 0) is 0 Å². The lowest BCUT2D eigenvalue weighted by Gasteiger charge is -2.04. The first-order chi connectivity index (χ1) is 8.56. The third kappa shape index (κ3) is 3.11. The average molecular weight is 324 g/mol. The Bertz CT molecular complexity index is 601. The molecule has 0 aliphatic rings. The topological polar surface area (TPSA) is 43.1 Å². The maximum Gasteiger partial charge on any atom is 0.284 e. The number of halogens is 1. The highest BCUT2D eigenvalue weighted by molar-refractivity contribution is 9.10. The Labute approximate surface area is 117 Å². The van der Waals surface area contributed by atoms with Crippen LogP contribution in [0.15, 0.2) is 56.7 Å². The van der Waals surface area contributed by atoms with E-state index in [-0.39, 0.29) is 10.6 Å². The first kappa shape index (κ1) is 13.1. The molecule has 0 fully saturated rings. The Morgan fingerprint density at radius 1 is 1.22 bits per heavy atom. The van der Waals surface area contributed by atoms with Gasteiger partial charge in [0.25, 0.3) is 5.69 Å². The van der Waals surface area contributed by atoms with Crippen LogP contribution in [0.25, 0.3) is 0 Å². The van der Waals surface area contributed by atoms with Crippen LogP contribution in [0.5, 0.6) is 0 Å². The molecular weight excluding hydrogens is 314 g/mol. The van der Waals surface area contributed by atoms with Gasteiger partial charge in [0, 0.05) is 15.4 Å². The third-order valence-corrected chi connectivity index (χ3v) is 3.88. The maximum atomic E-state index is 11.0.